The molecule has 0 spiro atoms. The van der Waals surface area contributed by atoms with Crippen LogP contribution in [0.25, 0.3) is 0 Å². The summed E-state index contributed by atoms with van der Waals surface area (Å²) >= 11 is 1.86. The molecule has 2 saturated heterocycles. The maximum Gasteiger partial charge on any atom is 0.315 e. The van der Waals surface area contributed by atoms with Crippen molar-refractivity contribution in [2.24, 2.45) is 17.6 Å². The van der Waals surface area contributed by atoms with Gasteiger partial charge in [-0.1, -0.05) is 82.9 Å². The van der Waals surface area contributed by atoms with Crippen molar-refractivity contribution in [2.75, 3.05) is 18.8 Å². The van der Waals surface area contributed by atoms with Gasteiger partial charge in [-0.15, -0.1) is 0 Å². The number of hydrogen-bond donors (Lipinski definition) is 4. The molecule has 1 aliphatic carbocycles. The Morgan fingerprint density at radius 1 is 1.00 bits per heavy atom. The highest BCUT2D eigenvalue weighted by Gasteiger charge is 2.42. The molecule has 0 saturated carbocycles. The van der Waals surface area contributed by atoms with Crippen molar-refractivity contribution in [3.8, 4) is 0 Å². The van der Waals surface area contributed by atoms with Crippen LogP contribution in [0.5, 0.6) is 0 Å². The van der Waals surface area contributed by atoms with Gasteiger partial charge in [-0.25, -0.2) is 4.79 Å². The van der Waals surface area contributed by atoms with E-state index in [9.17, 15) is 24.3 Å². The molecule has 0 aromatic heterocycles. The Labute approximate surface area is 281 Å². The predicted molar refractivity (Wildman–Crippen MR) is 186 cm³/mol. The van der Waals surface area contributed by atoms with Crippen LogP contribution in [-0.4, -0.2) is 75.9 Å². The Bertz CT molecular complexity index is 1020. The number of fused-ring (bicyclic) bond motifs is 1. The first kappa shape index (κ1) is 38.3. The number of unbranched alkanes of at least 4 members (excludes halogenated alkanes) is 10. The predicted octanol–water partition coefficient (Wildman–Crippen LogP) is 5.80. The number of carbonyl (C=O) groups excluding carboxylic acids is 4. The molecule has 4 amide bonds. The maximum atomic E-state index is 13.3. The van der Waals surface area contributed by atoms with E-state index in [4.69, 9.17) is 5.73 Å². The molecule has 2 aliphatic heterocycles. The minimum atomic E-state index is -1.20. The first-order valence-electron chi connectivity index (χ1n) is 18.1. The minimum absolute atomic E-state index is 0.00638. The Morgan fingerprint density at radius 3 is 2.57 bits per heavy atom. The highest BCUT2D eigenvalue weighted by atomic mass is 32.2. The molecule has 3 aliphatic rings. The fourth-order valence-corrected chi connectivity index (χ4v) is 8.38. The molecule has 1 unspecified atom stereocenters. The van der Waals surface area contributed by atoms with E-state index >= 15 is 0 Å². The number of imide groups is 1. The number of nitrogens with two attached hydrogens (primary N) is 1. The number of allylic oxidation sites excluding steroid dienone is 4. The Hall–Kier alpha value is -2.17. The molecule has 2 heterocycles. The third-order valence-corrected chi connectivity index (χ3v) is 11.2. The lowest BCUT2D eigenvalue weighted by Gasteiger charge is -2.24. The number of aliphatic hydroxyl groups is 1. The SMILES string of the molecule is CCCCCCC=C[C@H]1C=CC(=O)[C@@H]1CCCCCC(O)C(=O)N(CCCCCCN)C(=O)CCCC[C@@H]1SC[C@@H]2NC(=O)N[C@@H]21. The van der Waals surface area contributed by atoms with Gasteiger partial charge in [0.05, 0.1) is 12.1 Å². The van der Waals surface area contributed by atoms with Crippen molar-refractivity contribution in [2.45, 2.75) is 146 Å². The van der Waals surface area contributed by atoms with Gasteiger partial charge in [0, 0.05) is 35.8 Å². The zero-order valence-corrected chi connectivity index (χ0v) is 29.0. The van der Waals surface area contributed by atoms with Crippen LogP contribution in [0.1, 0.15) is 122 Å². The van der Waals surface area contributed by atoms with Crippen LogP contribution in [-0.2, 0) is 14.4 Å². The van der Waals surface area contributed by atoms with E-state index in [1.54, 1.807) is 6.08 Å². The molecule has 9 nitrogen and oxygen atoms in total. The van der Waals surface area contributed by atoms with Crippen molar-refractivity contribution in [3.63, 3.8) is 0 Å². The van der Waals surface area contributed by atoms with Crippen LogP contribution in [0, 0.1) is 11.8 Å². The molecule has 260 valence electrons. The topological polar surface area (TPSA) is 142 Å². The van der Waals surface area contributed by atoms with E-state index < -0.39 is 12.0 Å². The lowest BCUT2D eigenvalue weighted by Crippen LogP contribution is -2.43. The lowest BCUT2D eigenvalue weighted by atomic mass is 9.88. The van der Waals surface area contributed by atoms with E-state index in [-0.39, 0.29) is 48.1 Å². The van der Waals surface area contributed by atoms with E-state index in [0.717, 1.165) is 63.5 Å². The van der Waals surface area contributed by atoms with Gasteiger partial charge in [-0.05, 0) is 64.0 Å². The zero-order valence-electron chi connectivity index (χ0n) is 28.1. The number of carbonyl (C=O) groups is 4. The monoisotopic (exact) mass is 660 g/mol. The second-order valence-electron chi connectivity index (χ2n) is 13.3. The third kappa shape index (κ3) is 12.8. The quantitative estimate of drug-likeness (QED) is 0.0583. The maximum absolute atomic E-state index is 13.3. The molecule has 0 aromatic carbocycles. The summed E-state index contributed by atoms with van der Waals surface area (Å²) < 4.78 is 0. The van der Waals surface area contributed by atoms with Crippen molar-refractivity contribution in [1.29, 1.82) is 0 Å². The van der Waals surface area contributed by atoms with Gasteiger partial charge in [0.25, 0.3) is 5.91 Å². The first-order valence-corrected chi connectivity index (χ1v) is 19.2. The van der Waals surface area contributed by atoms with Crippen molar-refractivity contribution >= 4 is 35.4 Å². The molecule has 3 rings (SSSR count). The Balaban J connectivity index is 1.38. The number of hydrogen-bond acceptors (Lipinski definition) is 7. The summed E-state index contributed by atoms with van der Waals surface area (Å²) in [5, 5.41) is 17.1. The number of amides is 4. The smallest absolute Gasteiger partial charge is 0.315 e. The molecule has 6 atom stereocenters. The van der Waals surface area contributed by atoms with Crippen molar-refractivity contribution < 1.29 is 24.3 Å². The summed E-state index contributed by atoms with van der Waals surface area (Å²) in [6.45, 7) is 3.16. The molecule has 0 bridgehead atoms. The summed E-state index contributed by atoms with van der Waals surface area (Å²) in [6.07, 6.45) is 22.6. The van der Waals surface area contributed by atoms with Crippen LogP contribution < -0.4 is 16.4 Å². The Kier molecular flexibility index (Phi) is 18.0. The molecular weight excluding hydrogens is 600 g/mol. The van der Waals surface area contributed by atoms with Gasteiger partial charge in [0.2, 0.25) is 5.91 Å². The van der Waals surface area contributed by atoms with Crippen molar-refractivity contribution in [3.05, 3.63) is 24.3 Å². The second-order valence-corrected chi connectivity index (χ2v) is 14.6. The van der Waals surface area contributed by atoms with Gasteiger partial charge in [-0.3, -0.25) is 19.3 Å². The number of thioether (sulfide) groups is 1. The van der Waals surface area contributed by atoms with Crippen LogP contribution in [0.4, 0.5) is 4.79 Å². The number of aliphatic hydroxyl groups excluding tert-OH is 1. The largest absolute Gasteiger partial charge is 0.383 e. The average Bonchev–Trinajstić information content (AvgIpc) is 3.71. The highest BCUT2D eigenvalue weighted by molar-refractivity contribution is 8.00. The minimum Gasteiger partial charge on any atom is -0.383 e. The second kappa shape index (κ2) is 21.7. The molecule has 0 radical (unpaired) electrons. The van der Waals surface area contributed by atoms with E-state index in [1.165, 1.54) is 30.6 Å². The zero-order chi connectivity index (χ0) is 33.1. The Morgan fingerprint density at radius 2 is 1.76 bits per heavy atom. The van der Waals surface area contributed by atoms with Gasteiger partial charge in [-0.2, -0.15) is 11.8 Å². The van der Waals surface area contributed by atoms with Crippen LogP contribution in [0.2, 0.25) is 0 Å². The molecule has 5 N–H and O–H groups in total. The molecule has 2 fully saturated rings. The first-order chi connectivity index (χ1) is 22.3. The molecule has 10 heteroatoms. The number of ketones is 1. The fourth-order valence-electron chi connectivity index (χ4n) is 6.84. The van der Waals surface area contributed by atoms with Crippen LogP contribution >= 0.6 is 11.8 Å². The van der Waals surface area contributed by atoms with Crippen molar-refractivity contribution in [1.82, 2.24) is 15.5 Å². The van der Waals surface area contributed by atoms with Gasteiger partial charge in [0.1, 0.15) is 6.10 Å². The summed E-state index contributed by atoms with van der Waals surface area (Å²) in [5.74, 6) is 0.567. The highest BCUT2D eigenvalue weighted by Crippen LogP contribution is 2.33. The fraction of sp³-hybridized carbons (Fsp3) is 0.778. The van der Waals surface area contributed by atoms with Crippen LogP contribution in [0.3, 0.4) is 0 Å². The third-order valence-electron chi connectivity index (χ3n) is 9.64. The summed E-state index contributed by atoms with van der Waals surface area (Å²) in [6, 6.07) is 0.235. The number of nitrogens with zero attached hydrogens (tertiary/aromatic N) is 1. The molecule has 46 heavy (non-hydrogen) atoms. The lowest BCUT2D eigenvalue weighted by molar-refractivity contribution is -0.151. The number of nitrogens with one attached hydrogen (secondary N) is 2. The average molecular weight is 661 g/mol. The molecule has 0 aromatic rings. The van der Waals surface area contributed by atoms with Gasteiger partial charge >= 0.3 is 6.03 Å². The van der Waals surface area contributed by atoms with E-state index in [1.807, 2.05) is 17.8 Å². The van der Waals surface area contributed by atoms with Gasteiger partial charge < -0.3 is 21.5 Å². The summed E-state index contributed by atoms with van der Waals surface area (Å²) in [5.41, 5.74) is 5.61. The normalized spacial score (nSPS) is 24.4. The standard InChI is InChI=1S/C36H60N4O5S/c1-2-3-4-5-6-10-17-27-22-23-30(41)28(27)18-11-9-12-19-31(42)35(44)40(25-16-8-7-15-24-37)33(43)21-14-13-20-32-34-29(26-46-32)38-36(45)39-34/h10,17,22-23,27-29,31-32,34,42H,2-9,11-16,18-21,24-26,37H2,1H3,(H2,38,39,45)/t27-,28+,29-,31?,32-,34-/m0/s1. The summed E-state index contributed by atoms with van der Waals surface area (Å²) in [4.78, 5) is 51.9. The van der Waals surface area contributed by atoms with Crippen LogP contribution in [0.15, 0.2) is 24.3 Å². The van der Waals surface area contributed by atoms with Gasteiger partial charge in [0.15, 0.2) is 5.78 Å². The number of rotatable bonds is 24. The number of urea groups is 1. The summed E-state index contributed by atoms with van der Waals surface area (Å²) in [7, 11) is 0. The van der Waals surface area contributed by atoms with E-state index in [0.29, 0.717) is 44.0 Å². The molecular formula is C36H60N4O5S. The van der Waals surface area contributed by atoms with E-state index in [2.05, 4.69) is 29.7 Å².